The van der Waals surface area contributed by atoms with E-state index in [1.807, 2.05) is 0 Å². The van der Waals surface area contributed by atoms with Crippen LogP contribution >= 0.6 is 0 Å². The van der Waals surface area contributed by atoms with Crippen molar-refractivity contribution < 1.29 is 97.1 Å². The van der Waals surface area contributed by atoms with E-state index in [1.54, 1.807) is 95.2 Å². The van der Waals surface area contributed by atoms with E-state index in [2.05, 4.69) is 10.6 Å². The molecule has 5 unspecified atom stereocenters. The van der Waals surface area contributed by atoms with E-state index < -0.39 is 240 Å². The van der Waals surface area contributed by atoms with Gasteiger partial charge >= 0.3 is 11.9 Å². The topological polar surface area (TPSA) is 398 Å². The van der Waals surface area contributed by atoms with Crippen LogP contribution in [0.1, 0.15) is 163 Å². The fourth-order valence-electron chi connectivity index (χ4n) is 15.1. The summed E-state index contributed by atoms with van der Waals surface area (Å²) in [5.74, 6) is -18.6. The van der Waals surface area contributed by atoms with Gasteiger partial charge in [-0.1, -0.05) is 121 Å². The molecule has 2 saturated heterocycles. The number of fused-ring (bicyclic) bond motifs is 5. The summed E-state index contributed by atoms with van der Waals surface area (Å²) in [5.41, 5.74) is -5.64. The number of aliphatic hydroxyl groups is 3. The Morgan fingerprint density at radius 1 is 0.532 bits per heavy atom. The van der Waals surface area contributed by atoms with E-state index >= 15 is 47.9 Å². The number of hydrogen-bond acceptors (Lipinski definition) is 21. The predicted octanol–water partition coefficient (Wildman–Crippen LogP) is 1.44. The van der Waals surface area contributed by atoms with Crippen LogP contribution in [-0.2, 0) is 82.2 Å². The first-order valence-electron chi connectivity index (χ1n) is 37.4. The second-order valence-corrected chi connectivity index (χ2v) is 32.8. The molecule has 6 N–H and O–H groups in total. The van der Waals surface area contributed by atoms with Crippen LogP contribution in [0.3, 0.4) is 0 Å². The van der Waals surface area contributed by atoms with Crippen molar-refractivity contribution in [2.45, 2.75) is 247 Å². The number of hydroxylamine groups is 1. The quantitative estimate of drug-likeness (QED) is 0.135. The summed E-state index contributed by atoms with van der Waals surface area (Å²) >= 11 is 0. The zero-order valence-corrected chi connectivity index (χ0v) is 69.3. The van der Waals surface area contributed by atoms with Gasteiger partial charge in [-0.2, -0.15) is 0 Å². The maximum absolute atomic E-state index is 15.6. The molecule has 3 aliphatic heterocycles. The first-order chi connectivity index (χ1) is 50.0. The summed E-state index contributed by atoms with van der Waals surface area (Å²) in [6.07, 6.45) is -5.78. The molecule has 3 aliphatic rings. The average molecular weight is 1540 g/mol. The van der Waals surface area contributed by atoms with E-state index in [-0.39, 0.29) is 17.7 Å². The number of benzene rings is 1. The van der Waals surface area contributed by atoms with E-state index in [0.717, 1.165) is 60.2 Å². The molecular weight excluding hydrogens is 1410 g/mol. The number of likely N-dealkylation sites (N-methyl/N-ethyl adjacent to an activating group) is 9. The highest BCUT2D eigenvalue weighted by atomic mass is 16.6. The minimum Gasteiger partial charge on any atom is -0.462 e. The molecule has 3 heterocycles. The van der Waals surface area contributed by atoms with Crippen LogP contribution in [0.2, 0.25) is 0 Å². The van der Waals surface area contributed by atoms with Gasteiger partial charge in [0.2, 0.25) is 65.0 Å². The molecule has 0 spiro atoms. The van der Waals surface area contributed by atoms with E-state index in [1.165, 1.54) is 108 Å². The van der Waals surface area contributed by atoms with Crippen molar-refractivity contribution in [3.8, 4) is 0 Å². The molecule has 16 atom stereocenters. The van der Waals surface area contributed by atoms with Gasteiger partial charge in [-0.15, -0.1) is 0 Å². The number of rotatable bonds is 15. The summed E-state index contributed by atoms with van der Waals surface area (Å²) in [6, 6.07) is -7.64. The molecule has 0 aliphatic carbocycles. The molecule has 1 aromatic carbocycles. The Balaban J connectivity index is 2.06. The third-order valence-electron chi connectivity index (χ3n) is 21.7. The van der Waals surface area contributed by atoms with Crippen molar-refractivity contribution in [1.82, 2.24) is 59.6 Å². The van der Waals surface area contributed by atoms with Crippen molar-refractivity contribution in [1.29, 1.82) is 0 Å². The summed E-state index contributed by atoms with van der Waals surface area (Å²) in [7, 11) is 11.2. The Morgan fingerprint density at radius 2 is 0.972 bits per heavy atom. The number of esters is 2. The Bertz CT molecular complexity index is 3520. The van der Waals surface area contributed by atoms with E-state index in [0.29, 0.717) is 16.4 Å². The van der Waals surface area contributed by atoms with Crippen molar-refractivity contribution in [2.75, 3.05) is 81.6 Å². The van der Waals surface area contributed by atoms with Gasteiger partial charge in [-0.3, -0.25) is 72.3 Å². The highest BCUT2D eigenvalue weighted by Gasteiger charge is 2.64. The lowest BCUT2D eigenvalue weighted by Crippen LogP contribution is -2.65. The van der Waals surface area contributed by atoms with Crippen LogP contribution in [0.15, 0.2) is 24.3 Å². The number of nitrogens with zero attached hydrogens (tertiary/aromatic N) is 11. The number of carbonyl (C=O) groups is 14. The zero-order valence-electron chi connectivity index (χ0n) is 69.3. The number of amides is 12. The first-order valence-corrected chi connectivity index (χ1v) is 37.4. The zero-order chi connectivity index (χ0) is 84.0. The van der Waals surface area contributed by atoms with Crippen molar-refractivity contribution in [3.05, 3.63) is 29.8 Å². The Morgan fingerprint density at radius 3 is 1.46 bits per heavy atom. The van der Waals surface area contributed by atoms with Crippen LogP contribution in [0, 0.1) is 41.4 Å². The molecule has 0 aromatic heterocycles. The molecule has 109 heavy (non-hydrogen) atoms. The van der Waals surface area contributed by atoms with Crippen molar-refractivity contribution >= 4 is 88.5 Å². The summed E-state index contributed by atoms with van der Waals surface area (Å²) in [5, 5.41) is 53.5. The average Bonchev–Trinajstić information content (AvgIpc) is 1.54. The minimum atomic E-state index is -2.26. The molecule has 33 nitrogen and oxygen atoms in total. The maximum Gasteiger partial charge on any atom is 0.308 e. The molecule has 614 valence electrons. The highest BCUT2D eigenvalue weighted by Crippen LogP contribution is 2.52. The summed E-state index contributed by atoms with van der Waals surface area (Å²) in [4.78, 5) is 219. The summed E-state index contributed by atoms with van der Waals surface area (Å²) in [6.45, 7) is 27.2. The fourth-order valence-corrected chi connectivity index (χ4v) is 15.1. The van der Waals surface area contributed by atoms with Crippen LogP contribution in [0.5, 0.6) is 0 Å². The SMILES string of the molecule is CCC(C)[C@@H]1NC(=O)[C@H](C(C)C)N(C)C(=O)[C@@H]2C[C@@]3(O)c4ccccc4N(O)C3N2C(=O)CN(C)C(=O)[C@H](C(C)CC)N(C)C(=O)[C@H](C(C)C)NC(=O)[C@@H](OC(C)=O)N(C)C(=O)[C@H](C(C)C(C)OC(=O)CC(C)(C)O)N(C)C(=O)[C@H](C(C)(C)O)N(C)C(=O)CN(C)C(=O)[C@H](C(C)C)N(C)C(=O)[C@H](C(C)C)N(C)C1=O. The fraction of sp³-hybridized carbons (Fsp3) is 0.737. The smallest absolute Gasteiger partial charge is 0.308 e. The second kappa shape index (κ2) is 37.0. The standard InChI is InChI=1S/C76H125N13O20/c1-29-43(11)55-66(98)83(24)58(42(9)10)69(101)84(25)57(41(7)8)67(99)79(20)37-51(91)81(22)61(75(18,19)105)71(103)86(27)60(45(13)46(14)108-53(93)36-74(16,17)104)70(102)87(28)72(109-47(15)90)63(95)77-54(39(3)4)65(97)85(26)59(44(12)30-2)68(100)80(21)38-52(92)88-50(64(96)82(23)56(40(5)6)62(94)78-55)35-76(106)48-33-31-32-34-49(48)89(107)73(76)88/h31-34,39-46,50,54-61,72-73,104-107H,29-30,35-38H2,1-28H3,(H,77,95)(H,78,94)/t43?,44?,45?,46?,50-,54-,55-,56-,57-,58-,59-,60-,61+,72+,73?,76+/m0/s1. The van der Waals surface area contributed by atoms with Gasteiger partial charge in [0.25, 0.3) is 12.1 Å². The number of anilines is 1. The molecule has 12 amide bonds. The normalized spacial score (nSPS) is 27.6. The van der Waals surface area contributed by atoms with Gasteiger partial charge in [0, 0.05) is 88.3 Å². The van der Waals surface area contributed by atoms with Crippen LogP contribution in [0.25, 0.3) is 0 Å². The minimum absolute atomic E-state index is 0.103. The number of ether oxygens (including phenoxy) is 2. The van der Waals surface area contributed by atoms with E-state index in [4.69, 9.17) is 9.47 Å². The van der Waals surface area contributed by atoms with Crippen LogP contribution in [0.4, 0.5) is 5.69 Å². The Hall–Kier alpha value is -8.56. The Kier molecular flexibility index (Phi) is 31.5. The van der Waals surface area contributed by atoms with Gasteiger partial charge in [-0.05, 0) is 76.2 Å². The molecule has 0 saturated carbocycles. The summed E-state index contributed by atoms with van der Waals surface area (Å²) < 4.78 is 11.3. The van der Waals surface area contributed by atoms with Gasteiger partial charge in [0.15, 0.2) is 6.17 Å². The number of hydrogen-bond donors (Lipinski definition) is 6. The van der Waals surface area contributed by atoms with Gasteiger partial charge < -0.3 is 84.4 Å². The molecule has 2 fully saturated rings. The van der Waals surface area contributed by atoms with Gasteiger partial charge in [0.05, 0.1) is 36.4 Å². The molecule has 4 rings (SSSR count). The van der Waals surface area contributed by atoms with Gasteiger partial charge in [0.1, 0.15) is 66.1 Å². The second-order valence-electron chi connectivity index (χ2n) is 32.8. The van der Waals surface area contributed by atoms with Crippen molar-refractivity contribution in [3.63, 3.8) is 0 Å². The third kappa shape index (κ3) is 20.5. The molecular formula is C76H125N13O20. The third-order valence-corrected chi connectivity index (χ3v) is 21.7. The predicted molar refractivity (Wildman–Crippen MR) is 401 cm³/mol. The largest absolute Gasteiger partial charge is 0.462 e. The first kappa shape index (κ1) is 92.8. The number of carbonyl (C=O) groups excluding carboxylic acids is 14. The van der Waals surface area contributed by atoms with Crippen LogP contribution < -0.4 is 15.7 Å². The lowest BCUT2D eigenvalue weighted by Gasteiger charge is -2.43. The van der Waals surface area contributed by atoms with E-state index in [9.17, 15) is 39.7 Å². The van der Waals surface area contributed by atoms with Crippen molar-refractivity contribution in [2.24, 2.45) is 41.4 Å². The lowest BCUT2D eigenvalue weighted by atomic mass is 9.90. The molecule has 33 heteroatoms. The molecule has 0 bridgehead atoms. The highest BCUT2D eigenvalue weighted by molar-refractivity contribution is 6.01. The molecule has 1 aromatic rings. The number of nitrogens with one attached hydrogen (secondary N) is 2. The maximum atomic E-state index is 15.6. The lowest BCUT2D eigenvalue weighted by molar-refractivity contribution is -0.176. The monoisotopic (exact) mass is 1540 g/mol. The molecule has 0 radical (unpaired) electrons. The van der Waals surface area contributed by atoms with Crippen LogP contribution in [-0.4, -0.2) is 313 Å². The van der Waals surface area contributed by atoms with Gasteiger partial charge in [-0.25, -0.2) is 5.06 Å². The number of para-hydroxylation sites is 1. The Labute approximate surface area is 642 Å².